The predicted molar refractivity (Wildman–Crippen MR) is 65.6 cm³/mol. The third kappa shape index (κ3) is 3.20. The van der Waals surface area contributed by atoms with Crippen molar-refractivity contribution in [1.82, 2.24) is 4.90 Å². The fourth-order valence-corrected chi connectivity index (χ4v) is 2.31. The second-order valence-electron chi connectivity index (χ2n) is 4.50. The van der Waals surface area contributed by atoms with Crippen LogP contribution in [0.1, 0.15) is 18.1 Å². The van der Waals surface area contributed by atoms with Gasteiger partial charge in [0.25, 0.3) is 0 Å². The maximum atomic E-state index is 10.6. The normalized spacial score (nSPS) is 17.2. The van der Waals surface area contributed by atoms with Gasteiger partial charge in [-0.25, -0.2) is 4.79 Å². The molecule has 0 aliphatic carbocycles. The van der Waals surface area contributed by atoms with E-state index in [1.54, 1.807) is 0 Å². The Bertz CT molecular complexity index is 406. The van der Waals surface area contributed by atoms with Gasteiger partial charge in [-0.05, 0) is 24.5 Å². The molecule has 92 valence electrons. The zero-order valence-corrected chi connectivity index (χ0v) is 10.1. The van der Waals surface area contributed by atoms with Crippen LogP contribution in [0.2, 0.25) is 0 Å². The number of ether oxygens (including phenoxy) is 1. The highest BCUT2D eigenvalue weighted by Gasteiger charge is 2.18. The molecule has 1 atom stereocenters. The molecule has 0 spiro atoms. The molecule has 1 aliphatic heterocycles. The van der Waals surface area contributed by atoms with Crippen LogP contribution in [-0.2, 0) is 17.7 Å². The summed E-state index contributed by atoms with van der Waals surface area (Å²) in [6.45, 7) is 4.52. The first-order valence-electron chi connectivity index (χ1n) is 5.90. The molecule has 17 heavy (non-hydrogen) atoms. The van der Waals surface area contributed by atoms with E-state index >= 15 is 0 Å². The lowest BCUT2D eigenvalue weighted by molar-refractivity contribution is 0.0825. The Hall–Kier alpha value is -1.55. The lowest BCUT2D eigenvalue weighted by atomic mass is 10.00. The number of hydrogen-bond donors (Lipinski definition) is 1. The Kier molecular flexibility index (Phi) is 3.64. The lowest BCUT2D eigenvalue weighted by Crippen LogP contribution is -2.38. The second-order valence-corrected chi connectivity index (χ2v) is 4.50. The van der Waals surface area contributed by atoms with Crippen LogP contribution >= 0.6 is 0 Å². The van der Waals surface area contributed by atoms with E-state index < -0.39 is 6.09 Å². The summed E-state index contributed by atoms with van der Waals surface area (Å²) in [5.41, 5.74) is 7.78. The topological polar surface area (TPSA) is 55.6 Å². The second kappa shape index (κ2) is 5.19. The summed E-state index contributed by atoms with van der Waals surface area (Å²) >= 11 is 0. The van der Waals surface area contributed by atoms with Gasteiger partial charge in [0.05, 0.1) is 0 Å². The van der Waals surface area contributed by atoms with Crippen molar-refractivity contribution in [2.45, 2.75) is 26.0 Å². The molecule has 1 aromatic rings. The molecule has 0 saturated carbocycles. The van der Waals surface area contributed by atoms with Crippen molar-refractivity contribution in [2.24, 2.45) is 5.73 Å². The minimum Gasteiger partial charge on any atom is -0.445 e. The maximum Gasteiger partial charge on any atom is 0.404 e. The molecule has 4 heteroatoms. The van der Waals surface area contributed by atoms with Crippen molar-refractivity contribution in [3.05, 3.63) is 35.4 Å². The molecule has 2 rings (SSSR count). The van der Waals surface area contributed by atoms with Crippen LogP contribution in [-0.4, -0.2) is 30.2 Å². The zero-order valence-electron chi connectivity index (χ0n) is 10.1. The largest absolute Gasteiger partial charge is 0.445 e. The van der Waals surface area contributed by atoms with Crippen molar-refractivity contribution in [3.63, 3.8) is 0 Å². The van der Waals surface area contributed by atoms with Gasteiger partial charge in [0.2, 0.25) is 0 Å². The quantitative estimate of drug-likeness (QED) is 0.862. The van der Waals surface area contributed by atoms with Crippen LogP contribution in [0.25, 0.3) is 0 Å². The lowest BCUT2D eigenvalue weighted by Gasteiger charge is -2.30. The van der Waals surface area contributed by atoms with E-state index in [-0.39, 0.29) is 6.10 Å². The smallest absolute Gasteiger partial charge is 0.404 e. The number of carbonyl (C=O) groups is 1. The average Bonchev–Trinajstić information content (AvgIpc) is 2.27. The number of amides is 1. The molecular formula is C13H18N2O2. The highest BCUT2D eigenvalue weighted by molar-refractivity contribution is 5.64. The fourth-order valence-electron chi connectivity index (χ4n) is 2.31. The number of nitrogens with zero attached hydrogens (tertiary/aromatic N) is 1. The van der Waals surface area contributed by atoms with Crippen molar-refractivity contribution in [3.8, 4) is 0 Å². The van der Waals surface area contributed by atoms with Gasteiger partial charge in [-0.15, -0.1) is 0 Å². The van der Waals surface area contributed by atoms with Crippen LogP contribution in [0.3, 0.4) is 0 Å². The molecule has 1 aliphatic rings. The third-order valence-corrected chi connectivity index (χ3v) is 3.04. The number of primary amides is 1. The van der Waals surface area contributed by atoms with Gasteiger partial charge >= 0.3 is 6.09 Å². The van der Waals surface area contributed by atoms with Crippen LogP contribution in [0.15, 0.2) is 24.3 Å². The molecule has 1 unspecified atom stereocenters. The first-order valence-corrected chi connectivity index (χ1v) is 5.90. The summed E-state index contributed by atoms with van der Waals surface area (Å²) < 4.78 is 4.94. The van der Waals surface area contributed by atoms with Gasteiger partial charge in [0.15, 0.2) is 0 Å². The van der Waals surface area contributed by atoms with Gasteiger partial charge < -0.3 is 10.5 Å². The van der Waals surface area contributed by atoms with Gasteiger partial charge in [-0.3, -0.25) is 4.90 Å². The predicted octanol–water partition coefficient (Wildman–Crippen LogP) is 1.53. The third-order valence-electron chi connectivity index (χ3n) is 3.04. The molecular weight excluding hydrogens is 216 g/mol. The highest BCUT2D eigenvalue weighted by Crippen LogP contribution is 2.18. The van der Waals surface area contributed by atoms with E-state index in [2.05, 4.69) is 29.2 Å². The summed E-state index contributed by atoms with van der Waals surface area (Å²) in [5, 5.41) is 0. The van der Waals surface area contributed by atoms with Gasteiger partial charge in [-0.1, -0.05) is 24.3 Å². The molecule has 1 amide bonds. The molecule has 0 fully saturated rings. The van der Waals surface area contributed by atoms with Crippen molar-refractivity contribution < 1.29 is 9.53 Å². The van der Waals surface area contributed by atoms with E-state index in [4.69, 9.17) is 10.5 Å². The molecule has 0 bridgehead atoms. The molecule has 1 heterocycles. The monoisotopic (exact) mass is 234 g/mol. The van der Waals surface area contributed by atoms with E-state index in [0.717, 1.165) is 26.1 Å². The summed E-state index contributed by atoms with van der Waals surface area (Å²) in [5.74, 6) is 0. The van der Waals surface area contributed by atoms with E-state index in [0.29, 0.717) is 0 Å². The average molecular weight is 234 g/mol. The summed E-state index contributed by atoms with van der Waals surface area (Å²) in [7, 11) is 0. The number of benzene rings is 1. The van der Waals surface area contributed by atoms with Crippen molar-refractivity contribution in [1.29, 1.82) is 0 Å². The van der Waals surface area contributed by atoms with E-state index in [1.807, 2.05) is 6.92 Å². The van der Waals surface area contributed by atoms with Gasteiger partial charge in [0.1, 0.15) is 6.10 Å². The Labute approximate surface area is 101 Å². The molecule has 0 saturated heterocycles. The summed E-state index contributed by atoms with van der Waals surface area (Å²) in [4.78, 5) is 12.9. The first kappa shape index (κ1) is 11.9. The SMILES string of the molecule is CC(CN1CCc2ccccc2C1)OC(N)=O. The van der Waals surface area contributed by atoms with Crippen molar-refractivity contribution >= 4 is 6.09 Å². The summed E-state index contributed by atoms with van der Waals surface area (Å²) in [6, 6.07) is 8.47. The van der Waals surface area contributed by atoms with Crippen LogP contribution < -0.4 is 5.73 Å². The number of carbonyl (C=O) groups excluding carboxylic acids is 1. The maximum absolute atomic E-state index is 10.6. The number of rotatable bonds is 3. The Morgan fingerprint density at radius 1 is 1.47 bits per heavy atom. The molecule has 2 N–H and O–H groups in total. The zero-order chi connectivity index (χ0) is 12.3. The Balaban J connectivity index is 1.92. The number of nitrogens with two attached hydrogens (primary N) is 1. The molecule has 0 radical (unpaired) electrons. The fraction of sp³-hybridized carbons (Fsp3) is 0.462. The minimum atomic E-state index is -0.699. The minimum absolute atomic E-state index is 0.155. The number of fused-ring (bicyclic) bond motifs is 1. The van der Waals surface area contributed by atoms with E-state index in [9.17, 15) is 4.79 Å². The van der Waals surface area contributed by atoms with Gasteiger partial charge in [-0.2, -0.15) is 0 Å². The first-order chi connectivity index (χ1) is 8.15. The standard InChI is InChI=1S/C13H18N2O2/c1-10(17-13(14)16)8-15-7-6-11-4-2-3-5-12(11)9-15/h2-5,10H,6-9H2,1H3,(H2,14,16). The van der Waals surface area contributed by atoms with E-state index in [1.165, 1.54) is 11.1 Å². The number of hydrogen-bond acceptors (Lipinski definition) is 3. The Morgan fingerprint density at radius 2 is 2.18 bits per heavy atom. The van der Waals surface area contributed by atoms with Crippen LogP contribution in [0.4, 0.5) is 4.79 Å². The molecule has 0 aromatic heterocycles. The molecule has 1 aromatic carbocycles. The Morgan fingerprint density at radius 3 is 2.88 bits per heavy atom. The molecule has 4 nitrogen and oxygen atoms in total. The van der Waals surface area contributed by atoms with Crippen LogP contribution in [0.5, 0.6) is 0 Å². The van der Waals surface area contributed by atoms with Crippen LogP contribution in [0, 0.1) is 0 Å². The summed E-state index contributed by atoms with van der Waals surface area (Å²) in [6.07, 6.45) is 0.201. The highest BCUT2D eigenvalue weighted by atomic mass is 16.6. The van der Waals surface area contributed by atoms with Crippen molar-refractivity contribution in [2.75, 3.05) is 13.1 Å². The van der Waals surface area contributed by atoms with Gasteiger partial charge in [0, 0.05) is 19.6 Å².